The van der Waals surface area contributed by atoms with Crippen molar-refractivity contribution in [3.63, 3.8) is 0 Å². The highest BCUT2D eigenvalue weighted by Crippen LogP contribution is 2.36. The summed E-state index contributed by atoms with van der Waals surface area (Å²) in [5.74, 6) is 6.57. The van der Waals surface area contributed by atoms with Crippen LogP contribution in [0.1, 0.15) is 180 Å². The van der Waals surface area contributed by atoms with Crippen LogP contribution in [0.3, 0.4) is 0 Å². The molecular formula is C36H62N4O5S2. The monoisotopic (exact) mass is 694 g/mol. The molecule has 2 aromatic rings. The van der Waals surface area contributed by atoms with Gasteiger partial charge in [-0.15, -0.1) is 0 Å². The van der Waals surface area contributed by atoms with Gasteiger partial charge in [-0.1, -0.05) is 107 Å². The number of carbonyl (C=O) groups excluding carboxylic acids is 1. The molecule has 0 radical (unpaired) electrons. The molecule has 0 saturated heterocycles. The molecule has 4 N–H and O–H groups in total. The molecule has 9 nitrogen and oxygen atoms in total. The van der Waals surface area contributed by atoms with Crippen molar-refractivity contribution in [2.75, 3.05) is 0 Å². The maximum atomic E-state index is 12.9. The van der Waals surface area contributed by atoms with Crippen molar-refractivity contribution in [2.45, 2.75) is 156 Å². The van der Waals surface area contributed by atoms with E-state index in [1.54, 1.807) is 13.8 Å². The number of nitrogens with one attached hydrogen (secondary N) is 2. The zero-order chi connectivity index (χ0) is 37.2. The van der Waals surface area contributed by atoms with Gasteiger partial charge in [-0.3, -0.25) is 5.84 Å². The van der Waals surface area contributed by atoms with Gasteiger partial charge in [0.05, 0.1) is 9.79 Å². The normalized spacial score (nSPS) is 11.9. The first kappa shape index (κ1) is 44.4. The minimum absolute atomic E-state index is 0.115. The minimum Gasteiger partial charge on any atom is -0.300 e. The van der Waals surface area contributed by atoms with Crippen molar-refractivity contribution in [3.05, 3.63) is 57.6 Å². The van der Waals surface area contributed by atoms with E-state index in [1.165, 1.54) is 19.4 Å². The summed E-state index contributed by atoms with van der Waals surface area (Å²) in [6, 6.07) is 8.04. The molecule has 0 heterocycles. The lowest BCUT2D eigenvalue weighted by atomic mass is 9.89. The molecule has 0 unspecified atom stereocenters. The van der Waals surface area contributed by atoms with E-state index in [4.69, 9.17) is 5.84 Å². The van der Waals surface area contributed by atoms with E-state index in [2.05, 4.69) is 37.6 Å². The first-order valence-corrected chi connectivity index (χ1v) is 19.4. The molecule has 0 amide bonds. The number of Topliss-reactive ketones (excluding diaryl/α,β-unsaturated/α-hetero) is 1. The van der Waals surface area contributed by atoms with Crippen molar-refractivity contribution < 1.29 is 21.6 Å². The summed E-state index contributed by atoms with van der Waals surface area (Å²) >= 11 is 0. The van der Waals surface area contributed by atoms with Gasteiger partial charge in [0.25, 0.3) is 20.0 Å². The molecular weight excluding hydrogens is 633 g/mol. The number of rotatable bonds is 11. The molecule has 2 rings (SSSR count). The van der Waals surface area contributed by atoms with Gasteiger partial charge < -0.3 is 4.79 Å². The summed E-state index contributed by atoms with van der Waals surface area (Å²) < 4.78 is 50.3. The highest BCUT2D eigenvalue weighted by Gasteiger charge is 2.27. The Bertz CT molecular complexity index is 1520. The van der Waals surface area contributed by atoms with E-state index in [-0.39, 0.29) is 29.5 Å². The van der Waals surface area contributed by atoms with Crippen LogP contribution in [0.15, 0.2) is 39.2 Å². The van der Waals surface area contributed by atoms with Crippen LogP contribution in [-0.4, -0.2) is 28.3 Å². The molecule has 0 fully saturated rings. The zero-order valence-corrected chi connectivity index (χ0v) is 33.3. The Morgan fingerprint density at radius 1 is 0.553 bits per heavy atom. The van der Waals surface area contributed by atoms with Crippen molar-refractivity contribution in [1.82, 2.24) is 9.66 Å². The third kappa shape index (κ3) is 13.4. The lowest BCUT2D eigenvalue weighted by Crippen LogP contribution is -2.32. The van der Waals surface area contributed by atoms with Gasteiger partial charge in [-0.05, 0) is 96.6 Å². The van der Waals surface area contributed by atoms with Crippen LogP contribution < -0.4 is 15.5 Å². The van der Waals surface area contributed by atoms with E-state index in [0.29, 0.717) is 27.3 Å². The summed E-state index contributed by atoms with van der Waals surface area (Å²) in [7, 11) is -7.35. The van der Waals surface area contributed by atoms with Crippen LogP contribution >= 0.6 is 0 Å². The summed E-state index contributed by atoms with van der Waals surface area (Å²) in [6.07, 6.45) is 0. The van der Waals surface area contributed by atoms with Gasteiger partial charge in [0, 0.05) is 5.71 Å². The number of sulfonamides is 2. The molecule has 0 aliphatic rings. The summed E-state index contributed by atoms with van der Waals surface area (Å²) in [6.45, 7) is 31.1. The number of hydrogen-bond donors (Lipinski definition) is 3. The Morgan fingerprint density at radius 2 is 0.809 bits per heavy atom. The molecule has 0 atom stereocenters. The lowest BCUT2D eigenvalue weighted by molar-refractivity contribution is -0.115. The molecule has 0 spiro atoms. The first-order chi connectivity index (χ1) is 21.3. The third-order valence-corrected chi connectivity index (χ3v) is 9.90. The fraction of sp³-hybridized carbons (Fsp3) is 0.611. The number of carbonyl (C=O) groups is 1. The van der Waals surface area contributed by atoms with Crippen LogP contribution in [0, 0.1) is 0 Å². The molecule has 0 aliphatic carbocycles. The Kier molecular flexibility index (Phi) is 17.8. The molecule has 0 aromatic heterocycles. The van der Waals surface area contributed by atoms with Crippen molar-refractivity contribution >= 4 is 31.5 Å². The fourth-order valence-corrected chi connectivity index (χ4v) is 7.59. The van der Waals surface area contributed by atoms with Crippen LogP contribution in [0.2, 0.25) is 0 Å². The fourth-order valence-electron chi connectivity index (χ4n) is 4.66. The lowest BCUT2D eigenvalue weighted by Gasteiger charge is -2.22. The molecule has 47 heavy (non-hydrogen) atoms. The van der Waals surface area contributed by atoms with E-state index in [0.717, 1.165) is 27.8 Å². The Labute approximate surface area is 286 Å². The second-order valence-electron chi connectivity index (χ2n) is 14.2. The molecule has 11 heteroatoms. The molecule has 0 saturated carbocycles. The van der Waals surface area contributed by atoms with Crippen molar-refractivity contribution in [1.29, 1.82) is 0 Å². The topological polar surface area (TPSA) is 148 Å². The summed E-state index contributed by atoms with van der Waals surface area (Å²) in [5, 5.41) is 3.91. The zero-order valence-electron chi connectivity index (χ0n) is 31.7. The van der Waals surface area contributed by atoms with Crippen LogP contribution in [0.5, 0.6) is 0 Å². The van der Waals surface area contributed by atoms with E-state index in [1.807, 2.05) is 84.5 Å². The number of hydrazone groups is 1. The Morgan fingerprint density at radius 3 is 1.00 bits per heavy atom. The van der Waals surface area contributed by atoms with Crippen molar-refractivity contribution in [3.8, 4) is 0 Å². The van der Waals surface area contributed by atoms with Gasteiger partial charge in [-0.25, -0.2) is 13.2 Å². The average Bonchev–Trinajstić information content (AvgIpc) is 2.94. The minimum atomic E-state index is -3.69. The number of hydrogen-bond acceptors (Lipinski definition) is 7. The third-order valence-electron chi connectivity index (χ3n) is 7.24. The van der Waals surface area contributed by atoms with E-state index >= 15 is 0 Å². The van der Waals surface area contributed by atoms with Crippen LogP contribution in [-0.2, 0) is 24.8 Å². The van der Waals surface area contributed by atoms with Gasteiger partial charge in [-0.2, -0.15) is 18.4 Å². The van der Waals surface area contributed by atoms with Crippen LogP contribution in [0.25, 0.3) is 0 Å². The second-order valence-corrected chi connectivity index (χ2v) is 17.4. The average molecular weight is 695 g/mol. The first-order valence-electron chi connectivity index (χ1n) is 16.4. The van der Waals surface area contributed by atoms with Gasteiger partial charge in [0.2, 0.25) is 0 Å². The predicted octanol–water partition coefficient (Wildman–Crippen LogP) is 8.54. The van der Waals surface area contributed by atoms with Gasteiger partial charge >= 0.3 is 0 Å². The number of benzene rings is 2. The van der Waals surface area contributed by atoms with E-state index in [9.17, 15) is 21.6 Å². The predicted molar refractivity (Wildman–Crippen MR) is 197 cm³/mol. The molecule has 268 valence electrons. The highest BCUT2D eigenvalue weighted by atomic mass is 32.2. The Hall–Kier alpha value is -2.60. The highest BCUT2D eigenvalue weighted by molar-refractivity contribution is 7.89. The Balaban J connectivity index is 0.000000814. The largest absolute Gasteiger partial charge is 0.300 e. The maximum Gasteiger partial charge on any atom is 0.277 e. The maximum absolute atomic E-state index is 12.9. The van der Waals surface area contributed by atoms with E-state index < -0.39 is 20.0 Å². The standard InChI is InChI=1S/C18H30N2O2S.C15H26N2O2S.C3H6O/c1-11(2)15-9-16(12(3)4)18(17(10-15)13(5)6)23(21,22)20-19-14(7)8;1-9(2)12-7-13(10(3)4)15(20(18,19)17-16)14(8-12)11(5)6;1-3(2)4/h9-13,20H,1-8H3;7-11,17H,16H2,1-6H3;1-2H3. The van der Waals surface area contributed by atoms with Gasteiger partial charge in [0.15, 0.2) is 0 Å². The summed E-state index contributed by atoms with van der Waals surface area (Å²) in [5.41, 5.74) is 6.38. The molecule has 0 bridgehead atoms. The number of nitrogens with zero attached hydrogens (tertiary/aromatic N) is 1. The number of hydrazine groups is 1. The second kappa shape index (κ2) is 18.8. The number of ketones is 1. The SMILES string of the molecule is CC(C)=NNS(=O)(=O)c1c(C(C)C)cc(C(C)C)cc1C(C)C.CC(C)=O.CC(C)c1cc(C(C)C)c(S(=O)(=O)NN)c(C(C)C)c1. The smallest absolute Gasteiger partial charge is 0.277 e. The number of nitrogens with two attached hydrogens (primary N) is 1. The van der Waals surface area contributed by atoms with Gasteiger partial charge in [0.1, 0.15) is 5.78 Å². The molecule has 0 aliphatic heterocycles. The van der Waals surface area contributed by atoms with Crippen molar-refractivity contribution in [2.24, 2.45) is 10.9 Å². The molecule has 2 aromatic carbocycles. The van der Waals surface area contributed by atoms with Crippen LogP contribution in [0.4, 0.5) is 0 Å². The summed E-state index contributed by atoms with van der Waals surface area (Å²) in [4.78, 5) is 14.5. The quantitative estimate of drug-likeness (QED) is 0.122.